The van der Waals surface area contributed by atoms with E-state index < -0.39 is 0 Å². The Morgan fingerprint density at radius 1 is 1.12 bits per heavy atom. The molecule has 0 saturated carbocycles. The van der Waals surface area contributed by atoms with Crippen LogP contribution in [-0.4, -0.2) is 10.2 Å². The van der Waals surface area contributed by atoms with Gasteiger partial charge in [0.25, 0.3) is 0 Å². The molecule has 0 saturated heterocycles. The lowest BCUT2D eigenvalue weighted by Gasteiger charge is -2.09. The molecule has 0 atom stereocenters. The maximum Gasteiger partial charge on any atom is 0.151 e. The summed E-state index contributed by atoms with van der Waals surface area (Å²) >= 11 is 5.66. The number of ether oxygens (including phenoxy) is 1. The van der Waals surface area contributed by atoms with E-state index in [9.17, 15) is 0 Å². The second-order valence-corrected chi connectivity index (χ2v) is 3.98. The summed E-state index contributed by atoms with van der Waals surface area (Å²) in [6, 6.07) is 11.5. The van der Waals surface area contributed by atoms with E-state index in [0.29, 0.717) is 11.8 Å². The molecule has 1 aromatic heterocycles. The Hall–Kier alpha value is -1.61. The van der Waals surface area contributed by atoms with Gasteiger partial charge in [-0.05, 0) is 30.2 Å². The Morgan fingerprint density at radius 3 is 2.65 bits per heavy atom. The molecule has 0 N–H and O–H groups in total. The third kappa shape index (κ3) is 3.17. The molecule has 1 heterocycles. The molecule has 3 nitrogen and oxygen atoms in total. The zero-order valence-electron chi connectivity index (χ0n) is 9.56. The van der Waals surface area contributed by atoms with Crippen molar-refractivity contribution < 1.29 is 4.74 Å². The molecule has 88 valence electrons. The van der Waals surface area contributed by atoms with Crippen LogP contribution < -0.4 is 4.74 Å². The van der Waals surface area contributed by atoms with Crippen LogP contribution in [0.15, 0.2) is 36.4 Å². The van der Waals surface area contributed by atoms with Gasteiger partial charge in [0.15, 0.2) is 5.15 Å². The smallest absolute Gasteiger partial charge is 0.151 e. The largest absolute Gasteiger partial charge is 0.487 e. The van der Waals surface area contributed by atoms with Crippen molar-refractivity contribution in [2.75, 3.05) is 0 Å². The van der Waals surface area contributed by atoms with Crippen molar-refractivity contribution in [2.24, 2.45) is 0 Å². The van der Waals surface area contributed by atoms with Gasteiger partial charge in [0.05, 0.1) is 0 Å². The average molecular weight is 249 g/mol. The third-order valence-electron chi connectivity index (χ3n) is 2.42. The molecule has 0 amide bonds. The van der Waals surface area contributed by atoms with Crippen molar-refractivity contribution in [3.05, 3.63) is 52.8 Å². The first-order valence-corrected chi connectivity index (χ1v) is 5.86. The highest BCUT2D eigenvalue weighted by Gasteiger charge is 2.02. The molecular weight excluding hydrogens is 236 g/mol. The molecule has 17 heavy (non-hydrogen) atoms. The Kier molecular flexibility index (Phi) is 3.94. The van der Waals surface area contributed by atoms with E-state index in [-0.39, 0.29) is 0 Å². The number of para-hydroxylation sites is 1. The summed E-state index contributed by atoms with van der Waals surface area (Å²) in [5, 5.41) is 8.10. The fourth-order valence-electron chi connectivity index (χ4n) is 1.51. The van der Waals surface area contributed by atoms with Gasteiger partial charge in [-0.15, -0.1) is 5.10 Å². The summed E-state index contributed by atoms with van der Waals surface area (Å²) in [6.45, 7) is 2.51. The highest BCUT2D eigenvalue weighted by Crippen LogP contribution is 2.19. The van der Waals surface area contributed by atoms with Crippen molar-refractivity contribution in [2.45, 2.75) is 20.0 Å². The maximum atomic E-state index is 5.71. The van der Waals surface area contributed by atoms with Gasteiger partial charge in [-0.1, -0.05) is 36.7 Å². The first-order chi connectivity index (χ1) is 8.29. The fraction of sp³-hybridized carbons (Fsp3) is 0.231. The highest BCUT2D eigenvalue weighted by atomic mass is 35.5. The zero-order valence-corrected chi connectivity index (χ0v) is 10.3. The van der Waals surface area contributed by atoms with Crippen LogP contribution in [0.1, 0.15) is 18.2 Å². The van der Waals surface area contributed by atoms with Crippen LogP contribution in [-0.2, 0) is 13.0 Å². The van der Waals surface area contributed by atoms with E-state index in [1.165, 1.54) is 5.56 Å². The number of hydrogen-bond donors (Lipinski definition) is 0. The maximum absolute atomic E-state index is 5.71. The summed E-state index contributed by atoms with van der Waals surface area (Å²) in [6.07, 6.45) is 0.947. The van der Waals surface area contributed by atoms with Crippen LogP contribution in [0.5, 0.6) is 5.75 Å². The number of aromatic nitrogens is 2. The lowest BCUT2D eigenvalue weighted by molar-refractivity contribution is 0.297. The van der Waals surface area contributed by atoms with Gasteiger partial charge >= 0.3 is 0 Å². The molecule has 0 aliphatic carbocycles. The van der Waals surface area contributed by atoms with Gasteiger partial charge in [0.2, 0.25) is 0 Å². The van der Waals surface area contributed by atoms with E-state index in [0.717, 1.165) is 17.9 Å². The quantitative estimate of drug-likeness (QED) is 0.833. The molecule has 2 aromatic rings. The van der Waals surface area contributed by atoms with E-state index in [1.54, 1.807) is 6.07 Å². The van der Waals surface area contributed by atoms with Crippen LogP contribution in [0.3, 0.4) is 0 Å². The first-order valence-electron chi connectivity index (χ1n) is 5.48. The summed E-state index contributed by atoms with van der Waals surface area (Å²) in [5.41, 5.74) is 1.95. The monoisotopic (exact) mass is 248 g/mol. The summed E-state index contributed by atoms with van der Waals surface area (Å²) in [4.78, 5) is 0. The van der Waals surface area contributed by atoms with E-state index in [1.807, 2.05) is 24.3 Å². The normalized spacial score (nSPS) is 10.2. The number of halogens is 1. The van der Waals surface area contributed by atoms with Crippen molar-refractivity contribution in [3.63, 3.8) is 0 Å². The molecule has 2 rings (SSSR count). The van der Waals surface area contributed by atoms with E-state index in [4.69, 9.17) is 16.3 Å². The molecule has 0 radical (unpaired) electrons. The zero-order chi connectivity index (χ0) is 12.1. The second-order valence-electron chi connectivity index (χ2n) is 3.60. The third-order valence-corrected chi connectivity index (χ3v) is 2.62. The number of aryl methyl sites for hydroxylation is 1. The van der Waals surface area contributed by atoms with Crippen molar-refractivity contribution in [1.29, 1.82) is 0 Å². The van der Waals surface area contributed by atoms with Gasteiger partial charge in [0.1, 0.15) is 18.1 Å². The highest BCUT2D eigenvalue weighted by molar-refractivity contribution is 6.29. The van der Waals surface area contributed by atoms with Crippen molar-refractivity contribution >= 4 is 11.6 Å². The van der Waals surface area contributed by atoms with Crippen LogP contribution in [0.25, 0.3) is 0 Å². The summed E-state index contributed by atoms with van der Waals surface area (Å²) in [7, 11) is 0. The molecule has 4 heteroatoms. The van der Waals surface area contributed by atoms with Gasteiger partial charge in [-0.2, -0.15) is 5.10 Å². The molecular formula is C13H13ClN2O. The second kappa shape index (κ2) is 5.64. The molecule has 0 unspecified atom stereocenters. The van der Waals surface area contributed by atoms with Crippen LogP contribution in [0, 0.1) is 0 Å². The molecule has 1 aromatic carbocycles. The molecule has 0 aliphatic heterocycles. The number of hydrogen-bond acceptors (Lipinski definition) is 3. The minimum Gasteiger partial charge on any atom is -0.487 e. The lowest BCUT2D eigenvalue weighted by Crippen LogP contribution is -2.01. The standard InChI is InChI=1S/C13H13ClN2O/c1-2-10-5-3-4-6-12(10)17-9-11-7-8-13(14)16-15-11/h3-8H,2,9H2,1H3. The van der Waals surface area contributed by atoms with Crippen LogP contribution in [0.4, 0.5) is 0 Å². The van der Waals surface area contributed by atoms with E-state index >= 15 is 0 Å². The van der Waals surface area contributed by atoms with Crippen LogP contribution in [0.2, 0.25) is 5.15 Å². The lowest BCUT2D eigenvalue weighted by atomic mass is 10.1. The van der Waals surface area contributed by atoms with Gasteiger partial charge < -0.3 is 4.74 Å². The molecule has 0 bridgehead atoms. The molecule has 0 fully saturated rings. The number of nitrogens with zero attached hydrogens (tertiary/aromatic N) is 2. The molecule has 0 aliphatic rings. The first kappa shape index (κ1) is 11.9. The molecule has 0 spiro atoms. The average Bonchev–Trinajstić information content (AvgIpc) is 2.38. The predicted octanol–water partition coefficient (Wildman–Crippen LogP) is 3.27. The van der Waals surface area contributed by atoms with Gasteiger partial charge in [-0.25, -0.2) is 0 Å². The Balaban J connectivity index is 2.04. The van der Waals surface area contributed by atoms with Crippen molar-refractivity contribution in [1.82, 2.24) is 10.2 Å². The minimum absolute atomic E-state index is 0.391. The van der Waals surface area contributed by atoms with E-state index in [2.05, 4.69) is 23.2 Å². The topological polar surface area (TPSA) is 35.0 Å². The number of benzene rings is 1. The van der Waals surface area contributed by atoms with Gasteiger partial charge in [-0.3, -0.25) is 0 Å². The van der Waals surface area contributed by atoms with Crippen molar-refractivity contribution in [3.8, 4) is 5.75 Å². The minimum atomic E-state index is 0.391. The Labute approximate surface area is 105 Å². The fourth-order valence-corrected chi connectivity index (χ4v) is 1.61. The summed E-state index contributed by atoms with van der Waals surface area (Å²) in [5.74, 6) is 0.895. The predicted molar refractivity (Wildman–Crippen MR) is 67.2 cm³/mol. The van der Waals surface area contributed by atoms with Crippen LogP contribution >= 0.6 is 11.6 Å². The SMILES string of the molecule is CCc1ccccc1OCc1ccc(Cl)nn1. The summed E-state index contributed by atoms with van der Waals surface area (Å²) < 4.78 is 5.71. The Bertz CT molecular complexity index is 485. The Morgan fingerprint density at radius 2 is 1.94 bits per heavy atom. The van der Waals surface area contributed by atoms with Gasteiger partial charge in [0, 0.05) is 0 Å². The number of rotatable bonds is 4.